The van der Waals surface area contributed by atoms with Gasteiger partial charge in [-0.3, -0.25) is 9.59 Å². The summed E-state index contributed by atoms with van der Waals surface area (Å²) in [6.07, 6.45) is 15.1. The van der Waals surface area contributed by atoms with Gasteiger partial charge in [0.05, 0.1) is 13.1 Å². The van der Waals surface area contributed by atoms with Crippen molar-refractivity contribution < 1.29 is 9.59 Å². The largest absolute Gasteiger partial charge is 0.303 e. The summed E-state index contributed by atoms with van der Waals surface area (Å²) in [5.41, 5.74) is -0.0447. The van der Waals surface area contributed by atoms with E-state index in [1.165, 1.54) is 38.5 Å². The van der Waals surface area contributed by atoms with Gasteiger partial charge in [-0.25, -0.2) is 0 Å². The lowest BCUT2D eigenvalue weighted by Crippen LogP contribution is -2.54. The smallest absolute Gasteiger partial charge is 0.152 e. The Morgan fingerprint density at radius 1 is 0.571 bits per heavy atom. The van der Waals surface area contributed by atoms with Gasteiger partial charge in [-0.15, -0.1) is 17.0 Å². The van der Waals surface area contributed by atoms with E-state index in [1.54, 1.807) is 0 Å². The Kier molecular flexibility index (Phi) is 4.86. The zero-order valence-corrected chi connectivity index (χ0v) is 18.8. The number of halogens is 1. The fourth-order valence-corrected chi connectivity index (χ4v) is 9.57. The summed E-state index contributed by atoms with van der Waals surface area (Å²) in [5, 5.41) is 3.34. The number of ketones is 2. The van der Waals surface area contributed by atoms with E-state index < -0.39 is 0 Å². The van der Waals surface area contributed by atoms with Gasteiger partial charge in [0.25, 0.3) is 0 Å². The van der Waals surface area contributed by atoms with Crippen molar-refractivity contribution in [2.45, 2.75) is 77.0 Å². The topological polar surface area (TPSA) is 46.2 Å². The molecule has 0 atom stereocenters. The van der Waals surface area contributed by atoms with E-state index in [1.807, 2.05) is 0 Å². The van der Waals surface area contributed by atoms with Crippen LogP contribution < -0.4 is 5.32 Å². The molecule has 0 saturated heterocycles. The molecule has 28 heavy (non-hydrogen) atoms. The van der Waals surface area contributed by atoms with E-state index in [9.17, 15) is 9.59 Å². The van der Waals surface area contributed by atoms with E-state index >= 15 is 0 Å². The number of hydrogen-bond donors (Lipinski definition) is 1. The predicted octanol–water partition coefficient (Wildman–Crippen LogP) is 4.72. The Balaban J connectivity index is 0.00000171. The van der Waals surface area contributed by atoms with Crippen LogP contribution in [-0.2, 0) is 9.59 Å². The molecule has 0 spiro atoms. The Morgan fingerprint density at radius 3 is 1.07 bits per heavy atom. The van der Waals surface area contributed by atoms with Crippen LogP contribution >= 0.6 is 17.0 Å². The second kappa shape index (κ2) is 6.90. The highest BCUT2D eigenvalue weighted by atomic mass is 79.9. The minimum atomic E-state index is -0.0223. The van der Waals surface area contributed by atoms with Crippen molar-refractivity contribution >= 4 is 28.5 Å². The van der Waals surface area contributed by atoms with Crippen molar-refractivity contribution in [2.75, 3.05) is 13.1 Å². The fraction of sp³-hybridized carbons (Fsp3) is 0.917. The van der Waals surface area contributed by atoms with Crippen molar-refractivity contribution in [2.24, 2.45) is 46.3 Å². The lowest BCUT2D eigenvalue weighted by atomic mass is 9.48. The van der Waals surface area contributed by atoms with Gasteiger partial charge in [0, 0.05) is 10.8 Å². The molecule has 4 heteroatoms. The van der Waals surface area contributed by atoms with Gasteiger partial charge in [0.15, 0.2) is 11.6 Å². The third kappa shape index (κ3) is 3.07. The zero-order valence-electron chi connectivity index (χ0n) is 17.1. The standard InChI is InChI=1S/C24H35NO2.BrH/c26-21(23-7-15-1-16(8-23)3-17(2-15)9-23)13-25-14-22(27)24-10-18-4-19(11-24)6-20(5-18)12-24;/h15-20,25H,1-14H2;1H. The van der Waals surface area contributed by atoms with Crippen LogP contribution in [0.2, 0.25) is 0 Å². The quantitative estimate of drug-likeness (QED) is 0.637. The highest BCUT2D eigenvalue weighted by Gasteiger charge is 2.55. The first kappa shape index (κ1) is 19.7. The summed E-state index contributed by atoms with van der Waals surface area (Å²) in [7, 11) is 0. The maximum absolute atomic E-state index is 13.2. The molecule has 8 saturated carbocycles. The number of rotatable bonds is 6. The molecule has 3 nitrogen and oxygen atoms in total. The molecule has 8 fully saturated rings. The Morgan fingerprint density at radius 2 is 0.821 bits per heavy atom. The molecule has 8 aliphatic carbocycles. The number of carbonyl (C=O) groups excluding carboxylic acids is 2. The normalized spacial score (nSPS) is 49.9. The van der Waals surface area contributed by atoms with Crippen LogP contribution in [0, 0.1) is 46.3 Å². The van der Waals surface area contributed by atoms with E-state index in [0.717, 1.165) is 74.0 Å². The lowest BCUT2D eigenvalue weighted by Gasteiger charge is -2.56. The van der Waals surface area contributed by atoms with Crippen molar-refractivity contribution in [3.63, 3.8) is 0 Å². The first-order chi connectivity index (χ1) is 13.0. The molecule has 0 unspecified atom stereocenters. The average molecular weight is 450 g/mol. The highest BCUT2D eigenvalue weighted by molar-refractivity contribution is 8.93. The summed E-state index contributed by atoms with van der Waals surface area (Å²) in [6.45, 7) is 0.870. The van der Waals surface area contributed by atoms with Crippen LogP contribution in [0.1, 0.15) is 77.0 Å². The predicted molar refractivity (Wildman–Crippen MR) is 114 cm³/mol. The van der Waals surface area contributed by atoms with Crippen molar-refractivity contribution in [3.05, 3.63) is 0 Å². The molecule has 0 heterocycles. The van der Waals surface area contributed by atoms with Gasteiger partial charge < -0.3 is 5.32 Å². The number of Topliss-reactive ketones (excluding diaryl/α,β-unsaturated/α-hetero) is 2. The van der Waals surface area contributed by atoms with Crippen molar-refractivity contribution in [3.8, 4) is 0 Å². The van der Waals surface area contributed by atoms with Crippen LogP contribution in [0.15, 0.2) is 0 Å². The number of carbonyl (C=O) groups is 2. The van der Waals surface area contributed by atoms with Gasteiger partial charge in [-0.05, 0) is 113 Å². The van der Waals surface area contributed by atoms with E-state index in [-0.39, 0.29) is 27.8 Å². The number of hydrogen-bond acceptors (Lipinski definition) is 3. The molecule has 0 radical (unpaired) electrons. The molecule has 8 bridgehead atoms. The molecular weight excluding hydrogens is 414 g/mol. The molecular formula is C24H36BrNO2. The Labute approximate surface area is 179 Å². The average Bonchev–Trinajstić information content (AvgIpc) is 2.59. The number of nitrogens with one attached hydrogen (secondary N) is 1. The van der Waals surface area contributed by atoms with Crippen molar-refractivity contribution in [1.82, 2.24) is 5.32 Å². The molecule has 1 N–H and O–H groups in total. The highest BCUT2D eigenvalue weighted by Crippen LogP contribution is 2.61. The first-order valence-corrected chi connectivity index (χ1v) is 11.8. The molecule has 0 aromatic heterocycles. The fourth-order valence-electron chi connectivity index (χ4n) is 9.57. The van der Waals surface area contributed by atoms with Gasteiger partial charge in [-0.1, -0.05) is 0 Å². The molecule has 8 rings (SSSR count). The van der Waals surface area contributed by atoms with Crippen LogP contribution in [0.25, 0.3) is 0 Å². The maximum atomic E-state index is 13.2. The first-order valence-electron chi connectivity index (χ1n) is 11.8. The molecule has 8 aliphatic rings. The van der Waals surface area contributed by atoms with Crippen LogP contribution in [0.5, 0.6) is 0 Å². The Hall–Kier alpha value is -0.220. The van der Waals surface area contributed by atoms with Gasteiger partial charge in [0.1, 0.15) is 0 Å². The second-order valence-electron chi connectivity index (χ2n) is 11.8. The van der Waals surface area contributed by atoms with Gasteiger partial charge in [0.2, 0.25) is 0 Å². The zero-order chi connectivity index (χ0) is 18.2. The summed E-state index contributed by atoms with van der Waals surface area (Å²) >= 11 is 0. The molecule has 0 aromatic rings. The van der Waals surface area contributed by atoms with E-state index in [4.69, 9.17) is 0 Å². The summed E-state index contributed by atoms with van der Waals surface area (Å²) in [5.74, 6) is 5.74. The second-order valence-corrected chi connectivity index (χ2v) is 11.8. The summed E-state index contributed by atoms with van der Waals surface area (Å²) in [4.78, 5) is 26.3. The van der Waals surface area contributed by atoms with Crippen LogP contribution in [-0.4, -0.2) is 24.7 Å². The Bertz CT molecular complexity index is 545. The molecule has 156 valence electrons. The van der Waals surface area contributed by atoms with Gasteiger partial charge in [-0.2, -0.15) is 0 Å². The van der Waals surface area contributed by atoms with E-state index in [0.29, 0.717) is 24.7 Å². The molecule has 0 amide bonds. The van der Waals surface area contributed by atoms with Crippen LogP contribution in [0.4, 0.5) is 0 Å². The monoisotopic (exact) mass is 449 g/mol. The maximum Gasteiger partial charge on any atom is 0.152 e. The van der Waals surface area contributed by atoms with E-state index in [2.05, 4.69) is 5.32 Å². The third-order valence-corrected chi connectivity index (χ3v) is 9.83. The SMILES string of the molecule is Br.O=C(CNCC(=O)C12CC3CC(CC(C3)C1)C2)C12CC3CC(CC(C3)C1)C2. The summed E-state index contributed by atoms with van der Waals surface area (Å²) < 4.78 is 0. The summed E-state index contributed by atoms with van der Waals surface area (Å²) in [6, 6.07) is 0. The lowest BCUT2D eigenvalue weighted by molar-refractivity contribution is -0.144. The third-order valence-electron chi connectivity index (χ3n) is 9.83. The van der Waals surface area contributed by atoms with Crippen molar-refractivity contribution in [1.29, 1.82) is 0 Å². The minimum Gasteiger partial charge on any atom is -0.303 e. The molecule has 0 aromatic carbocycles. The van der Waals surface area contributed by atoms with Crippen LogP contribution in [0.3, 0.4) is 0 Å². The molecule has 0 aliphatic heterocycles. The van der Waals surface area contributed by atoms with Gasteiger partial charge >= 0.3 is 0 Å². The minimum absolute atomic E-state index is 0.